The van der Waals surface area contributed by atoms with Gasteiger partial charge in [0.1, 0.15) is 0 Å². The summed E-state index contributed by atoms with van der Waals surface area (Å²) in [5, 5.41) is 1.62. The van der Waals surface area contributed by atoms with Crippen molar-refractivity contribution in [3.05, 3.63) is 29.3 Å². The Labute approximate surface area is 104 Å². The van der Waals surface area contributed by atoms with E-state index in [1.54, 1.807) is 0 Å². The molecule has 2 unspecified atom stereocenters. The largest absolute Gasteiger partial charge is 0.241 e. The van der Waals surface area contributed by atoms with E-state index in [4.69, 9.17) is 11.6 Å². The highest BCUT2D eigenvalue weighted by Crippen LogP contribution is 2.34. The summed E-state index contributed by atoms with van der Waals surface area (Å²) in [7, 11) is 0. The number of fused-ring (bicyclic) bond motifs is 1. The van der Waals surface area contributed by atoms with Crippen molar-refractivity contribution in [2.75, 3.05) is 0 Å². The number of rotatable bonds is 2. The van der Waals surface area contributed by atoms with Crippen molar-refractivity contribution in [2.24, 2.45) is 5.92 Å². The molecule has 1 aromatic carbocycles. The second-order valence-electron chi connectivity index (χ2n) is 4.49. The van der Waals surface area contributed by atoms with E-state index in [9.17, 15) is 0 Å². The molecule has 0 bridgehead atoms. The Hall–Kier alpha value is -0.600. The van der Waals surface area contributed by atoms with Gasteiger partial charge in [0.2, 0.25) is 0 Å². The van der Waals surface area contributed by atoms with Crippen LogP contribution in [-0.4, -0.2) is 10.4 Å². The van der Waals surface area contributed by atoms with Crippen molar-refractivity contribution in [3.8, 4) is 0 Å². The predicted octanol–water partition coefficient (Wildman–Crippen LogP) is 4.25. The van der Waals surface area contributed by atoms with Crippen LogP contribution in [0.4, 0.5) is 0 Å². The molecule has 16 heavy (non-hydrogen) atoms. The first-order valence-corrected chi connectivity index (χ1v) is 7.07. The minimum Gasteiger partial charge on any atom is -0.241 e. The van der Waals surface area contributed by atoms with E-state index < -0.39 is 0 Å². The van der Waals surface area contributed by atoms with Gasteiger partial charge < -0.3 is 0 Å². The van der Waals surface area contributed by atoms with Crippen LogP contribution >= 0.6 is 22.9 Å². The number of hydrogen-bond donors (Lipinski definition) is 0. The molecule has 1 nitrogen and oxygen atoms in total. The fourth-order valence-electron chi connectivity index (χ4n) is 2.45. The molecule has 1 heterocycles. The van der Waals surface area contributed by atoms with Crippen molar-refractivity contribution in [1.29, 1.82) is 0 Å². The van der Waals surface area contributed by atoms with Gasteiger partial charge in [0.05, 0.1) is 15.2 Å². The van der Waals surface area contributed by atoms with E-state index in [-0.39, 0.29) is 0 Å². The molecule has 2 aromatic rings. The van der Waals surface area contributed by atoms with Crippen molar-refractivity contribution >= 4 is 33.2 Å². The van der Waals surface area contributed by atoms with Gasteiger partial charge in [-0.2, -0.15) is 0 Å². The number of para-hydroxylation sites is 1. The average Bonchev–Trinajstić information content (AvgIpc) is 2.85. The van der Waals surface area contributed by atoms with Gasteiger partial charge in [0, 0.05) is 11.8 Å². The number of halogens is 1. The molecule has 1 saturated carbocycles. The summed E-state index contributed by atoms with van der Waals surface area (Å²) in [6, 6.07) is 8.35. The van der Waals surface area contributed by atoms with Crippen LogP contribution in [0.15, 0.2) is 24.3 Å². The zero-order valence-corrected chi connectivity index (χ0v) is 10.6. The maximum atomic E-state index is 6.30. The summed E-state index contributed by atoms with van der Waals surface area (Å²) < 4.78 is 1.29. The number of nitrogens with zero attached hydrogens (tertiary/aromatic N) is 1. The molecule has 1 fully saturated rings. The molecule has 0 saturated heterocycles. The van der Waals surface area contributed by atoms with Crippen LogP contribution in [0, 0.1) is 5.92 Å². The zero-order valence-electron chi connectivity index (χ0n) is 9.03. The summed E-state index contributed by atoms with van der Waals surface area (Å²) in [6.45, 7) is 0. The van der Waals surface area contributed by atoms with E-state index in [0.29, 0.717) is 11.3 Å². The molecule has 1 aliphatic rings. The first-order chi connectivity index (χ1) is 7.83. The Bertz CT molecular complexity index is 460. The second-order valence-corrected chi connectivity index (χ2v) is 6.16. The normalized spacial score (nSPS) is 25.3. The third kappa shape index (κ3) is 1.96. The predicted molar refractivity (Wildman–Crippen MR) is 70.3 cm³/mol. The van der Waals surface area contributed by atoms with Crippen molar-refractivity contribution in [2.45, 2.75) is 31.1 Å². The van der Waals surface area contributed by atoms with E-state index in [1.165, 1.54) is 29.0 Å². The SMILES string of the molecule is ClC1CCCC1Cc1nc2ccccc2s1. The van der Waals surface area contributed by atoms with E-state index in [2.05, 4.69) is 23.2 Å². The van der Waals surface area contributed by atoms with Gasteiger partial charge in [-0.15, -0.1) is 22.9 Å². The molecule has 0 spiro atoms. The Morgan fingerprint density at radius 2 is 2.19 bits per heavy atom. The molecule has 1 aliphatic carbocycles. The van der Waals surface area contributed by atoms with Crippen molar-refractivity contribution in [1.82, 2.24) is 4.98 Å². The van der Waals surface area contributed by atoms with E-state index in [1.807, 2.05) is 17.4 Å². The Morgan fingerprint density at radius 1 is 1.31 bits per heavy atom. The lowest BCUT2D eigenvalue weighted by Gasteiger charge is -2.10. The molecule has 0 amide bonds. The maximum absolute atomic E-state index is 6.30. The Kier molecular flexibility index (Phi) is 2.86. The molecule has 0 N–H and O–H groups in total. The molecule has 1 aromatic heterocycles. The van der Waals surface area contributed by atoms with Crippen LogP contribution in [-0.2, 0) is 6.42 Å². The van der Waals surface area contributed by atoms with Crippen LogP contribution in [0.5, 0.6) is 0 Å². The molecule has 2 atom stereocenters. The third-order valence-electron chi connectivity index (χ3n) is 3.34. The fourth-order valence-corrected chi connectivity index (χ4v) is 3.88. The minimum absolute atomic E-state index is 0.368. The van der Waals surface area contributed by atoms with Crippen molar-refractivity contribution in [3.63, 3.8) is 0 Å². The molecule has 3 rings (SSSR count). The number of alkyl halides is 1. The van der Waals surface area contributed by atoms with Crippen LogP contribution in [0.3, 0.4) is 0 Å². The summed E-state index contributed by atoms with van der Waals surface area (Å²) >= 11 is 8.12. The third-order valence-corrected chi connectivity index (χ3v) is 4.97. The number of benzene rings is 1. The number of thiazole rings is 1. The van der Waals surface area contributed by atoms with E-state index >= 15 is 0 Å². The van der Waals surface area contributed by atoms with Crippen LogP contribution in [0.1, 0.15) is 24.3 Å². The number of hydrogen-bond acceptors (Lipinski definition) is 2. The minimum atomic E-state index is 0.368. The summed E-state index contributed by atoms with van der Waals surface area (Å²) in [4.78, 5) is 4.67. The van der Waals surface area contributed by atoms with Crippen molar-refractivity contribution < 1.29 is 0 Å². The molecule has 0 radical (unpaired) electrons. The van der Waals surface area contributed by atoms with Gasteiger partial charge in [-0.3, -0.25) is 0 Å². The summed E-state index contributed by atoms with van der Waals surface area (Å²) in [5.74, 6) is 0.641. The first kappa shape index (κ1) is 10.5. The molecular formula is C13H14ClNS. The van der Waals surface area contributed by atoms with Crippen LogP contribution < -0.4 is 0 Å². The van der Waals surface area contributed by atoms with Gasteiger partial charge in [-0.05, 0) is 30.9 Å². The highest BCUT2D eigenvalue weighted by atomic mass is 35.5. The lowest BCUT2D eigenvalue weighted by atomic mass is 10.0. The fraction of sp³-hybridized carbons (Fsp3) is 0.462. The second kappa shape index (κ2) is 4.34. The van der Waals surface area contributed by atoms with Gasteiger partial charge in [-0.1, -0.05) is 18.6 Å². The maximum Gasteiger partial charge on any atom is 0.0941 e. The topological polar surface area (TPSA) is 12.9 Å². The molecule has 84 valence electrons. The van der Waals surface area contributed by atoms with Gasteiger partial charge in [0.25, 0.3) is 0 Å². The zero-order chi connectivity index (χ0) is 11.0. The van der Waals surface area contributed by atoms with Crippen LogP contribution in [0.25, 0.3) is 10.2 Å². The highest BCUT2D eigenvalue weighted by Gasteiger charge is 2.26. The monoisotopic (exact) mass is 251 g/mol. The van der Waals surface area contributed by atoms with Crippen LogP contribution in [0.2, 0.25) is 0 Å². The Morgan fingerprint density at radius 3 is 2.94 bits per heavy atom. The standard InChI is InChI=1S/C13H14ClNS/c14-10-5-3-4-9(10)8-13-15-11-6-1-2-7-12(11)16-13/h1-2,6-7,9-10H,3-5,8H2. The quantitative estimate of drug-likeness (QED) is 0.728. The number of aromatic nitrogens is 1. The van der Waals surface area contributed by atoms with Gasteiger partial charge in [0.15, 0.2) is 0 Å². The molecular weight excluding hydrogens is 238 g/mol. The van der Waals surface area contributed by atoms with Gasteiger partial charge in [-0.25, -0.2) is 4.98 Å². The summed E-state index contributed by atoms with van der Waals surface area (Å²) in [5.41, 5.74) is 1.13. The van der Waals surface area contributed by atoms with Gasteiger partial charge >= 0.3 is 0 Å². The molecule has 0 aliphatic heterocycles. The highest BCUT2D eigenvalue weighted by molar-refractivity contribution is 7.18. The average molecular weight is 252 g/mol. The first-order valence-electron chi connectivity index (χ1n) is 5.81. The lowest BCUT2D eigenvalue weighted by Crippen LogP contribution is -2.09. The molecule has 3 heteroatoms. The summed E-state index contributed by atoms with van der Waals surface area (Å²) in [6.07, 6.45) is 4.79. The smallest absolute Gasteiger partial charge is 0.0941 e. The van der Waals surface area contributed by atoms with E-state index in [0.717, 1.165) is 11.9 Å². The Balaban J connectivity index is 1.83. The lowest BCUT2D eigenvalue weighted by molar-refractivity contribution is 0.551.